The van der Waals surface area contributed by atoms with Crippen LogP contribution in [0.4, 0.5) is 0 Å². The van der Waals surface area contributed by atoms with Crippen molar-refractivity contribution in [2.24, 2.45) is 0 Å². The molecule has 6 nitrogen and oxygen atoms in total. The van der Waals surface area contributed by atoms with Gasteiger partial charge in [-0.05, 0) is 44.4 Å². The summed E-state index contributed by atoms with van der Waals surface area (Å²) >= 11 is 0. The van der Waals surface area contributed by atoms with E-state index in [0.717, 1.165) is 24.2 Å². The number of likely N-dealkylation sites (tertiary alicyclic amines) is 1. The average Bonchev–Trinajstić information content (AvgIpc) is 2.62. The van der Waals surface area contributed by atoms with Crippen LogP contribution < -0.4 is 10.1 Å². The monoisotopic (exact) mass is 348 g/mol. The number of nitrogens with one attached hydrogen (secondary N) is 1. The van der Waals surface area contributed by atoms with Crippen LogP contribution in [0.1, 0.15) is 32.3 Å². The molecule has 1 aromatic rings. The molecule has 2 rings (SSSR count). The summed E-state index contributed by atoms with van der Waals surface area (Å²) in [6.45, 7) is 5.47. The first-order valence-corrected chi connectivity index (χ1v) is 8.86. The van der Waals surface area contributed by atoms with E-state index in [2.05, 4.69) is 5.32 Å². The summed E-state index contributed by atoms with van der Waals surface area (Å²) in [5.41, 5.74) is 0.949. The fourth-order valence-corrected chi connectivity index (χ4v) is 2.99. The molecule has 25 heavy (non-hydrogen) atoms. The molecule has 1 saturated heterocycles. The summed E-state index contributed by atoms with van der Waals surface area (Å²) in [4.78, 5) is 26.3. The van der Waals surface area contributed by atoms with E-state index in [0.29, 0.717) is 26.1 Å². The van der Waals surface area contributed by atoms with Crippen LogP contribution in [-0.4, -0.2) is 55.7 Å². The number of carbonyl (C=O) groups is 2. The normalized spacial score (nSPS) is 16.4. The number of amides is 2. The second-order valence-electron chi connectivity index (χ2n) is 6.29. The number of carbonyl (C=O) groups excluding carboxylic acids is 2. The highest BCUT2D eigenvalue weighted by Crippen LogP contribution is 2.16. The third-order valence-electron chi connectivity index (χ3n) is 4.47. The van der Waals surface area contributed by atoms with E-state index in [1.165, 1.54) is 0 Å². The predicted octanol–water partition coefficient (Wildman–Crippen LogP) is 1.77. The number of piperidine rings is 1. The van der Waals surface area contributed by atoms with Crippen LogP contribution in [0.15, 0.2) is 24.3 Å². The maximum absolute atomic E-state index is 12.5. The van der Waals surface area contributed by atoms with Crippen LogP contribution in [0.2, 0.25) is 0 Å². The molecule has 0 bridgehead atoms. The fraction of sp³-hybridized carbons (Fsp3) is 0.579. The van der Waals surface area contributed by atoms with E-state index in [1.54, 1.807) is 14.0 Å². The van der Waals surface area contributed by atoms with Gasteiger partial charge in [-0.2, -0.15) is 0 Å². The Balaban J connectivity index is 1.79. The number of ether oxygens (including phenoxy) is 2. The van der Waals surface area contributed by atoms with Gasteiger partial charge in [-0.25, -0.2) is 0 Å². The first-order chi connectivity index (χ1) is 12.0. The molecule has 6 heteroatoms. The summed E-state index contributed by atoms with van der Waals surface area (Å²) in [7, 11) is 1.62. The summed E-state index contributed by atoms with van der Waals surface area (Å²) in [6, 6.07) is 7.69. The molecule has 1 aliphatic rings. The van der Waals surface area contributed by atoms with Crippen molar-refractivity contribution in [1.29, 1.82) is 0 Å². The molecule has 1 atom stereocenters. The summed E-state index contributed by atoms with van der Waals surface area (Å²) in [5.74, 6) is 0.791. The number of nitrogens with zero attached hydrogens (tertiary/aromatic N) is 1. The van der Waals surface area contributed by atoms with E-state index in [9.17, 15) is 9.59 Å². The summed E-state index contributed by atoms with van der Waals surface area (Å²) < 4.78 is 10.5. The van der Waals surface area contributed by atoms with Gasteiger partial charge in [-0.1, -0.05) is 12.1 Å². The quantitative estimate of drug-likeness (QED) is 0.815. The highest BCUT2D eigenvalue weighted by molar-refractivity contribution is 5.81. The van der Waals surface area contributed by atoms with Gasteiger partial charge in [0.05, 0.1) is 13.5 Å². The standard InChI is InChI=1S/C19H28N2O4/c1-4-25-14(2)19(23)20-16-8-10-21(11-9-16)18(22)13-15-6-5-7-17(12-15)24-3/h5-7,12,14,16H,4,8-11,13H2,1-3H3,(H,20,23)/t14-/m1/s1. The van der Waals surface area contributed by atoms with Crippen LogP contribution in [-0.2, 0) is 20.7 Å². The highest BCUT2D eigenvalue weighted by Gasteiger charge is 2.25. The van der Waals surface area contributed by atoms with E-state index in [1.807, 2.05) is 36.1 Å². The van der Waals surface area contributed by atoms with Gasteiger partial charge in [0.25, 0.3) is 0 Å². The molecule has 0 radical (unpaired) electrons. The zero-order valence-corrected chi connectivity index (χ0v) is 15.3. The van der Waals surface area contributed by atoms with Crippen molar-refractivity contribution in [3.05, 3.63) is 29.8 Å². The molecule has 0 aromatic heterocycles. The van der Waals surface area contributed by atoms with Gasteiger partial charge >= 0.3 is 0 Å². The maximum Gasteiger partial charge on any atom is 0.249 e. The number of benzene rings is 1. The first-order valence-electron chi connectivity index (χ1n) is 8.86. The van der Waals surface area contributed by atoms with Crippen molar-refractivity contribution in [2.75, 3.05) is 26.8 Å². The van der Waals surface area contributed by atoms with Crippen LogP contribution >= 0.6 is 0 Å². The molecule has 1 aromatic carbocycles. The van der Waals surface area contributed by atoms with Crippen molar-refractivity contribution in [2.45, 2.75) is 45.3 Å². The van der Waals surface area contributed by atoms with Crippen molar-refractivity contribution in [1.82, 2.24) is 10.2 Å². The lowest BCUT2D eigenvalue weighted by Crippen LogP contribution is -2.49. The van der Waals surface area contributed by atoms with E-state index in [-0.39, 0.29) is 17.9 Å². The smallest absolute Gasteiger partial charge is 0.249 e. The lowest BCUT2D eigenvalue weighted by Gasteiger charge is -2.33. The topological polar surface area (TPSA) is 67.9 Å². The van der Waals surface area contributed by atoms with Gasteiger partial charge in [-0.3, -0.25) is 9.59 Å². The van der Waals surface area contributed by atoms with Crippen LogP contribution in [0.25, 0.3) is 0 Å². The minimum absolute atomic E-state index is 0.0805. The Hall–Kier alpha value is -2.08. The first kappa shape index (κ1) is 19.2. The number of rotatable bonds is 7. The van der Waals surface area contributed by atoms with Crippen LogP contribution in [0.5, 0.6) is 5.75 Å². The largest absolute Gasteiger partial charge is 0.497 e. The second-order valence-corrected chi connectivity index (χ2v) is 6.29. The second kappa shape index (κ2) is 9.42. The lowest BCUT2D eigenvalue weighted by atomic mass is 10.0. The highest BCUT2D eigenvalue weighted by atomic mass is 16.5. The van der Waals surface area contributed by atoms with E-state index < -0.39 is 6.10 Å². The molecular weight excluding hydrogens is 320 g/mol. The van der Waals surface area contributed by atoms with Gasteiger partial charge in [-0.15, -0.1) is 0 Å². The SMILES string of the molecule is CCO[C@H](C)C(=O)NC1CCN(C(=O)Cc2cccc(OC)c2)CC1. The maximum atomic E-state index is 12.5. The molecule has 1 aliphatic heterocycles. The molecule has 0 saturated carbocycles. The number of hydrogen-bond donors (Lipinski definition) is 1. The average molecular weight is 348 g/mol. The Morgan fingerprint density at radius 2 is 2.04 bits per heavy atom. The molecule has 2 amide bonds. The number of hydrogen-bond acceptors (Lipinski definition) is 4. The Morgan fingerprint density at radius 3 is 2.68 bits per heavy atom. The molecule has 1 heterocycles. The Bertz CT molecular complexity index is 583. The Kier molecular flexibility index (Phi) is 7.25. The van der Waals surface area contributed by atoms with Crippen LogP contribution in [0.3, 0.4) is 0 Å². The minimum Gasteiger partial charge on any atom is -0.497 e. The Morgan fingerprint density at radius 1 is 1.32 bits per heavy atom. The Labute approximate surface area is 149 Å². The molecule has 138 valence electrons. The predicted molar refractivity (Wildman–Crippen MR) is 95.5 cm³/mol. The van der Waals surface area contributed by atoms with Crippen molar-refractivity contribution in [3.63, 3.8) is 0 Å². The van der Waals surface area contributed by atoms with E-state index >= 15 is 0 Å². The van der Waals surface area contributed by atoms with Gasteiger partial charge in [0.2, 0.25) is 11.8 Å². The third kappa shape index (κ3) is 5.74. The van der Waals surface area contributed by atoms with Crippen molar-refractivity contribution < 1.29 is 19.1 Å². The third-order valence-corrected chi connectivity index (χ3v) is 4.47. The van der Waals surface area contributed by atoms with Gasteiger partial charge in [0, 0.05) is 25.7 Å². The van der Waals surface area contributed by atoms with Gasteiger partial charge in [0.15, 0.2) is 0 Å². The zero-order chi connectivity index (χ0) is 18.2. The molecular formula is C19H28N2O4. The van der Waals surface area contributed by atoms with E-state index in [4.69, 9.17) is 9.47 Å². The molecule has 0 spiro atoms. The van der Waals surface area contributed by atoms with Crippen molar-refractivity contribution in [3.8, 4) is 5.75 Å². The summed E-state index contributed by atoms with van der Waals surface area (Å²) in [6.07, 6.45) is 1.48. The number of methoxy groups -OCH3 is 1. The van der Waals surface area contributed by atoms with Crippen molar-refractivity contribution >= 4 is 11.8 Å². The zero-order valence-electron chi connectivity index (χ0n) is 15.3. The molecule has 1 fully saturated rings. The van der Waals surface area contributed by atoms with Crippen LogP contribution in [0, 0.1) is 0 Å². The molecule has 0 aliphatic carbocycles. The minimum atomic E-state index is -0.433. The fourth-order valence-electron chi connectivity index (χ4n) is 2.99. The molecule has 0 unspecified atom stereocenters. The van der Waals surface area contributed by atoms with Gasteiger partial charge in [0.1, 0.15) is 11.9 Å². The lowest BCUT2D eigenvalue weighted by molar-refractivity contribution is -0.133. The van der Waals surface area contributed by atoms with Gasteiger partial charge < -0.3 is 19.7 Å². The summed E-state index contributed by atoms with van der Waals surface area (Å²) in [5, 5.41) is 3.01. The molecule has 1 N–H and O–H groups in total.